The van der Waals surface area contributed by atoms with E-state index in [9.17, 15) is 0 Å². The second-order valence-corrected chi connectivity index (χ2v) is 10.6. The molecule has 0 saturated carbocycles. The maximum atomic E-state index is 3.92. The molecule has 39 heavy (non-hydrogen) atoms. The summed E-state index contributed by atoms with van der Waals surface area (Å²) in [5.74, 6) is 0. The van der Waals surface area contributed by atoms with E-state index in [4.69, 9.17) is 0 Å². The fourth-order valence-electron chi connectivity index (χ4n) is 7.28. The lowest BCUT2D eigenvalue weighted by Gasteiger charge is -2.30. The molecule has 0 aliphatic heterocycles. The van der Waals surface area contributed by atoms with Gasteiger partial charge in [-0.15, -0.1) is 0 Å². The SMILES string of the molecule is C=C/C=C\c1c(C)c2ccccc2n1-c1ccc2c(c1)-c1ccccc1C21c2ccccc2-c2ccccc21. The molecule has 1 heterocycles. The number of rotatable bonds is 3. The van der Waals surface area contributed by atoms with Crippen LogP contribution in [0.25, 0.3) is 44.9 Å². The molecule has 5 aromatic carbocycles. The molecule has 0 saturated heterocycles. The molecule has 0 amide bonds. The van der Waals surface area contributed by atoms with Crippen LogP contribution in [0.5, 0.6) is 0 Å². The van der Waals surface area contributed by atoms with Crippen LogP contribution in [0.4, 0.5) is 0 Å². The summed E-state index contributed by atoms with van der Waals surface area (Å²) in [5, 5.41) is 1.28. The third kappa shape index (κ3) is 2.74. The summed E-state index contributed by atoms with van der Waals surface area (Å²) in [4.78, 5) is 0. The molecule has 0 N–H and O–H groups in total. The summed E-state index contributed by atoms with van der Waals surface area (Å²) in [6, 6.07) is 42.7. The van der Waals surface area contributed by atoms with Crippen molar-refractivity contribution in [1.82, 2.24) is 4.57 Å². The monoisotopic (exact) mass is 497 g/mol. The molecule has 1 aromatic heterocycles. The molecule has 2 aliphatic rings. The Hall–Kier alpha value is -4.88. The lowest BCUT2D eigenvalue weighted by molar-refractivity contribution is 0.793. The Kier molecular flexibility index (Phi) is 4.57. The maximum Gasteiger partial charge on any atom is 0.0725 e. The number of benzene rings is 5. The van der Waals surface area contributed by atoms with Crippen LogP contribution in [-0.2, 0) is 5.41 Å². The van der Waals surface area contributed by atoms with E-state index >= 15 is 0 Å². The summed E-state index contributed by atoms with van der Waals surface area (Å²) in [6.45, 7) is 6.13. The molecule has 1 nitrogen and oxygen atoms in total. The van der Waals surface area contributed by atoms with E-state index in [0.717, 1.165) is 0 Å². The average molecular weight is 498 g/mol. The molecule has 1 heteroatoms. The van der Waals surface area contributed by atoms with Gasteiger partial charge in [-0.05, 0) is 81.3 Å². The summed E-state index contributed by atoms with van der Waals surface area (Å²) < 4.78 is 2.40. The van der Waals surface area contributed by atoms with E-state index < -0.39 is 0 Å². The minimum atomic E-state index is -0.308. The number of aryl methyl sites for hydroxylation is 1. The van der Waals surface area contributed by atoms with Crippen molar-refractivity contribution in [2.24, 2.45) is 0 Å². The van der Waals surface area contributed by atoms with Crippen molar-refractivity contribution >= 4 is 17.0 Å². The van der Waals surface area contributed by atoms with Gasteiger partial charge in [0.2, 0.25) is 0 Å². The summed E-state index contributed by atoms with van der Waals surface area (Å²) in [7, 11) is 0. The fourth-order valence-corrected chi connectivity index (χ4v) is 7.28. The summed E-state index contributed by atoms with van der Waals surface area (Å²) in [6.07, 6.45) is 6.05. The number of hydrogen-bond acceptors (Lipinski definition) is 0. The minimum Gasteiger partial charge on any atom is -0.310 e. The van der Waals surface area contributed by atoms with Gasteiger partial charge in [-0.25, -0.2) is 0 Å². The van der Waals surface area contributed by atoms with Gasteiger partial charge in [0.05, 0.1) is 10.9 Å². The molecule has 0 radical (unpaired) electrons. The van der Waals surface area contributed by atoms with Crippen LogP contribution in [0.1, 0.15) is 33.5 Å². The van der Waals surface area contributed by atoms with Crippen molar-refractivity contribution in [1.29, 1.82) is 0 Å². The van der Waals surface area contributed by atoms with E-state index in [1.54, 1.807) is 0 Å². The van der Waals surface area contributed by atoms with Gasteiger partial charge in [0.25, 0.3) is 0 Å². The molecule has 1 spiro atoms. The zero-order valence-corrected chi connectivity index (χ0v) is 21.9. The van der Waals surface area contributed by atoms with E-state index in [2.05, 4.69) is 139 Å². The van der Waals surface area contributed by atoms with Crippen molar-refractivity contribution in [3.63, 3.8) is 0 Å². The van der Waals surface area contributed by atoms with Crippen molar-refractivity contribution in [3.05, 3.63) is 168 Å². The van der Waals surface area contributed by atoms with Crippen molar-refractivity contribution in [2.45, 2.75) is 12.3 Å². The molecule has 0 atom stereocenters. The van der Waals surface area contributed by atoms with Gasteiger partial charge >= 0.3 is 0 Å². The second-order valence-electron chi connectivity index (χ2n) is 10.6. The normalized spacial score (nSPS) is 14.0. The predicted octanol–water partition coefficient (Wildman–Crippen LogP) is 9.48. The highest BCUT2D eigenvalue weighted by Gasteiger charge is 2.51. The molecule has 8 rings (SSSR count). The molecular formula is C38H27N. The lowest BCUT2D eigenvalue weighted by atomic mass is 9.70. The molecule has 0 bridgehead atoms. The Labute approximate surface area is 229 Å². The number of aromatic nitrogens is 1. The van der Waals surface area contributed by atoms with Gasteiger partial charge in [-0.2, -0.15) is 0 Å². The van der Waals surface area contributed by atoms with Crippen LogP contribution in [0.2, 0.25) is 0 Å². The Balaban J connectivity index is 1.46. The minimum absolute atomic E-state index is 0.308. The van der Waals surface area contributed by atoms with Gasteiger partial charge in [0.1, 0.15) is 0 Å². The van der Waals surface area contributed by atoms with E-state index in [0.29, 0.717) is 0 Å². The van der Waals surface area contributed by atoms with E-state index in [1.807, 2.05) is 12.2 Å². The van der Waals surface area contributed by atoms with Crippen LogP contribution in [0, 0.1) is 6.92 Å². The third-order valence-electron chi connectivity index (χ3n) is 8.80. The summed E-state index contributed by atoms with van der Waals surface area (Å²) >= 11 is 0. The number of para-hydroxylation sites is 1. The fraction of sp³-hybridized carbons (Fsp3) is 0.0526. The Morgan fingerprint density at radius 3 is 1.79 bits per heavy atom. The molecular weight excluding hydrogens is 470 g/mol. The topological polar surface area (TPSA) is 4.93 Å². The van der Waals surface area contributed by atoms with Gasteiger partial charge in [0.15, 0.2) is 0 Å². The highest BCUT2D eigenvalue weighted by molar-refractivity contribution is 5.96. The largest absolute Gasteiger partial charge is 0.310 e. The standard InChI is InChI=1S/C38H27N/c1-3-4-20-36-25(2)27-13-8-12-21-37(27)39(36)26-22-23-35-31(24-26)30-16-7-11-19-34(30)38(35)32-17-9-5-14-28(32)29-15-6-10-18-33(29)38/h3-24H,1H2,2H3/b20-4-. The lowest BCUT2D eigenvalue weighted by Crippen LogP contribution is -2.25. The third-order valence-corrected chi connectivity index (χ3v) is 8.80. The number of allylic oxidation sites excluding steroid dienone is 2. The Bertz CT molecular complexity index is 1950. The zero-order valence-electron chi connectivity index (χ0n) is 21.9. The van der Waals surface area contributed by atoms with Crippen LogP contribution in [0.15, 0.2) is 134 Å². The Morgan fingerprint density at radius 2 is 1.15 bits per heavy atom. The smallest absolute Gasteiger partial charge is 0.0725 e. The first-order valence-corrected chi connectivity index (χ1v) is 13.6. The van der Waals surface area contributed by atoms with Crippen molar-refractivity contribution in [3.8, 4) is 27.9 Å². The molecule has 0 unspecified atom stereocenters. The van der Waals surface area contributed by atoms with Gasteiger partial charge < -0.3 is 4.57 Å². The van der Waals surface area contributed by atoms with Gasteiger partial charge in [0, 0.05) is 16.8 Å². The van der Waals surface area contributed by atoms with Crippen molar-refractivity contribution < 1.29 is 0 Å². The van der Waals surface area contributed by atoms with Crippen LogP contribution >= 0.6 is 0 Å². The predicted molar refractivity (Wildman–Crippen MR) is 164 cm³/mol. The van der Waals surface area contributed by atoms with Crippen LogP contribution < -0.4 is 0 Å². The first kappa shape index (κ1) is 22.1. The second kappa shape index (κ2) is 8.06. The molecule has 6 aromatic rings. The molecule has 2 aliphatic carbocycles. The molecule has 184 valence electrons. The number of fused-ring (bicyclic) bond motifs is 11. The van der Waals surface area contributed by atoms with E-state index in [-0.39, 0.29) is 5.41 Å². The number of nitrogens with zero attached hydrogens (tertiary/aromatic N) is 1. The summed E-state index contributed by atoms with van der Waals surface area (Å²) in [5.41, 5.74) is 15.3. The van der Waals surface area contributed by atoms with Crippen molar-refractivity contribution in [2.75, 3.05) is 0 Å². The Morgan fingerprint density at radius 1 is 0.615 bits per heavy atom. The van der Waals surface area contributed by atoms with Crippen LogP contribution in [0.3, 0.4) is 0 Å². The first-order valence-electron chi connectivity index (χ1n) is 13.6. The van der Waals surface area contributed by atoms with Gasteiger partial charge in [-0.1, -0.05) is 116 Å². The first-order chi connectivity index (χ1) is 19.2. The zero-order chi connectivity index (χ0) is 26.1. The highest BCUT2D eigenvalue weighted by atomic mass is 15.0. The van der Waals surface area contributed by atoms with E-state index in [1.165, 1.54) is 72.4 Å². The quantitative estimate of drug-likeness (QED) is 0.214. The highest BCUT2D eigenvalue weighted by Crippen LogP contribution is 2.62. The molecule has 0 fully saturated rings. The number of hydrogen-bond donors (Lipinski definition) is 0. The van der Waals surface area contributed by atoms with Crippen LogP contribution in [-0.4, -0.2) is 4.57 Å². The van der Waals surface area contributed by atoms with Gasteiger partial charge in [-0.3, -0.25) is 0 Å². The average Bonchev–Trinajstić information content (AvgIpc) is 3.57. The maximum absolute atomic E-state index is 3.92.